The third-order valence-electron chi connectivity index (χ3n) is 7.87. The molecule has 4 aromatic rings. The molecule has 5 heterocycles. The lowest BCUT2D eigenvalue weighted by Crippen LogP contribution is -2.44. The molecule has 1 aromatic carbocycles. The van der Waals surface area contributed by atoms with Gasteiger partial charge in [0, 0.05) is 59.8 Å². The second kappa shape index (κ2) is 10.5. The van der Waals surface area contributed by atoms with E-state index in [1.54, 1.807) is 12.4 Å². The number of amidine groups is 1. The molecule has 0 spiro atoms. The van der Waals surface area contributed by atoms with Crippen LogP contribution in [0.3, 0.4) is 0 Å². The summed E-state index contributed by atoms with van der Waals surface area (Å²) in [6.07, 6.45) is 10.9. The fraction of sp³-hybridized carbons (Fsp3) is 0.310. The van der Waals surface area contributed by atoms with E-state index in [-0.39, 0.29) is 11.5 Å². The van der Waals surface area contributed by atoms with Gasteiger partial charge in [0.15, 0.2) is 11.6 Å². The second-order valence-electron chi connectivity index (χ2n) is 10.1. The van der Waals surface area contributed by atoms with Crippen LogP contribution < -0.4 is 9.80 Å². The van der Waals surface area contributed by atoms with Gasteiger partial charge in [0.2, 0.25) is 0 Å². The van der Waals surface area contributed by atoms with Gasteiger partial charge in [-0.1, -0.05) is 6.07 Å². The molecule has 39 heavy (non-hydrogen) atoms. The Morgan fingerprint density at radius 1 is 1.00 bits per heavy atom. The first-order chi connectivity index (χ1) is 19.0. The van der Waals surface area contributed by atoms with Gasteiger partial charge in [0.05, 0.1) is 12.0 Å². The van der Waals surface area contributed by atoms with Crippen molar-refractivity contribution in [1.82, 2.24) is 19.9 Å². The minimum atomic E-state index is -1.11. The maximum Gasteiger partial charge on any atom is 0.182 e. The SMILES string of the molecule is N=CN(C(=N)c1c[nH]c2ncc(-c3ccc(N4CCC(N5CCCC5)CC4)nc3)cc12)c1cccc(F)c1F. The maximum absolute atomic E-state index is 14.4. The molecule has 6 rings (SSSR count). The highest BCUT2D eigenvalue weighted by Gasteiger charge is 2.27. The summed E-state index contributed by atoms with van der Waals surface area (Å²) in [5, 5.41) is 17.1. The Labute approximate surface area is 225 Å². The van der Waals surface area contributed by atoms with Crippen LogP contribution >= 0.6 is 0 Å². The molecule has 3 aromatic heterocycles. The van der Waals surface area contributed by atoms with Crippen LogP contribution in [-0.4, -0.2) is 64.2 Å². The van der Waals surface area contributed by atoms with Gasteiger partial charge in [0.1, 0.15) is 17.3 Å². The highest BCUT2D eigenvalue weighted by Crippen LogP contribution is 2.29. The van der Waals surface area contributed by atoms with E-state index in [4.69, 9.17) is 15.8 Å². The summed E-state index contributed by atoms with van der Waals surface area (Å²) < 4.78 is 28.3. The van der Waals surface area contributed by atoms with Gasteiger partial charge in [-0.15, -0.1) is 0 Å². The molecule has 0 atom stereocenters. The fourth-order valence-electron chi connectivity index (χ4n) is 5.73. The largest absolute Gasteiger partial charge is 0.357 e. The number of likely N-dealkylation sites (tertiary alicyclic amines) is 1. The van der Waals surface area contributed by atoms with Crippen LogP contribution in [0.5, 0.6) is 0 Å². The second-order valence-corrected chi connectivity index (χ2v) is 10.1. The highest BCUT2D eigenvalue weighted by molar-refractivity contribution is 6.22. The highest BCUT2D eigenvalue weighted by atomic mass is 19.2. The fourth-order valence-corrected chi connectivity index (χ4v) is 5.73. The van der Waals surface area contributed by atoms with E-state index < -0.39 is 11.6 Å². The molecule has 2 saturated heterocycles. The van der Waals surface area contributed by atoms with Gasteiger partial charge >= 0.3 is 0 Å². The zero-order valence-electron chi connectivity index (χ0n) is 21.5. The topological polar surface area (TPSA) is 99.0 Å². The van der Waals surface area contributed by atoms with E-state index in [9.17, 15) is 8.78 Å². The van der Waals surface area contributed by atoms with Crippen molar-refractivity contribution in [3.63, 3.8) is 0 Å². The summed E-state index contributed by atoms with van der Waals surface area (Å²) in [4.78, 5) is 18.3. The van der Waals surface area contributed by atoms with Gasteiger partial charge in [-0.3, -0.25) is 15.7 Å². The molecule has 0 saturated carbocycles. The van der Waals surface area contributed by atoms with Crippen LogP contribution in [0.4, 0.5) is 20.3 Å². The van der Waals surface area contributed by atoms with Crippen molar-refractivity contribution in [2.24, 2.45) is 0 Å². The van der Waals surface area contributed by atoms with Crippen molar-refractivity contribution in [1.29, 1.82) is 10.8 Å². The number of halogens is 2. The lowest BCUT2D eigenvalue weighted by atomic mass is 10.0. The van der Waals surface area contributed by atoms with Crippen molar-refractivity contribution < 1.29 is 8.78 Å². The average molecular weight is 529 g/mol. The van der Waals surface area contributed by atoms with E-state index in [0.29, 0.717) is 22.6 Å². The molecule has 2 aliphatic heterocycles. The number of aromatic nitrogens is 3. The molecule has 0 radical (unpaired) electrons. The Hall–Kier alpha value is -4.18. The summed E-state index contributed by atoms with van der Waals surface area (Å²) in [6, 6.07) is 10.3. The van der Waals surface area contributed by atoms with Crippen molar-refractivity contribution in [2.45, 2.75) is 31.7 Å². The average Bonchev–Trinajstić information content (AvgIpc) is 3.66. The van der Waals surface area contributed by atoms with Crippen molar-refractivity contribution in [2.75, 3.05) is 36.0 Å². The van der Waals surface area contributed by atoms with E-state index in [2.05, 4.69) is 19.8 Å². The van der Waals surface area contributed by atoms with E-state index >= 15 is 0 Å². The number of H-pyrrole nitrogens is 1. The number of nitrogens with zero attached hydrogens (tertiary/aromatic N) is 5. The molecular weight excluding hydrogens is 498 g/mol. The predicted molar refractivity (Wildman–Crippen MR) is 150 cm³/mol. The van der Waals surface area contributed by atoms with Gasteiger partial charge in [-0.25, -0.2) is 18.7 Å². The van der Waals surface area contributed by atoms with Crippen LogP contribution in [-0.2, 0) is 0 Å². The summed E-state index contributed by atoms with van der Waals surface area (Å²) in [7, 11) is 0. The number of piperidine rings is 1. The number of rotatable bonds is 6. The van der Waals surface area contributed by atoms with Crippen LogP contribution in [0.1, 0.15) is 31.2 Å². The normalized spacial score (nSPS) is 16.6. The Kier molecular flexibility index (Phi) is 6.78. The van der Waals surface area contributed by atoms with E-state index in [1.165, 1.54) is 50.9 Å². The first-order valence-electron chi connectivity index (χ1n) is 13.3. The number of fused-ring (bicyclic) bond motifs is 1. The van der Waals surface area contributed by atoms with Crippen LogP contribution in [0.2, 0.25) is 0 Å². The first kappa shape index (κ1) is 25.1. The first-order valence-corrected chi connectivity index (χ1v) is 13.3. The molecule has 3 N–H and O–H groups in total. The molecule has 0 unspecified atom stereocenters. The van der Waals surface area contributed by atoms with Gasteiger partial charge in [-0.2, -0.15) is 0 Å². The van der Waals surface area contributed by atoms with Crippen LogP contribution in [0, 0.1) is 22.5 Å². The van der Waals surface area contributed by atoms with E-state index in [0.717, 1.165) is 47.3 Å². The number of pyridine rings is 2. The number of nitrogens with one attached hydrogen (secondary N) is 3. The third kappa shape index (κ3) is 4.76. The molecule has 8 nitrogen and oxygen atoms in total. The zero-order valence-corrected chi connectivity index (χ0v) is 21.5. The minimum absolute atomic E-state index is 0.175. The van der Waals surface area contributed by atoms with Gasteiger partial charge in [0.25, 0.3) is 0 Å². The maximum atomic E-state index is 14.4. The quantitative estimate of drug-likeness (QED) is 0.230. The van der Waals surface area contributed by atoms with Gasteiger partial charge < -0.3 is 14.8 Å². The third-order valence-corrected chi connectivity index (χ3v) is 7.87. The standard InChI is InChI=1S/C29H30F2N8/c30-24-4-3-5-25(27(24)31)39(18-32)28(33)23-17-36-29-22(23)14-20(16-35-29)19-6-7-26(34-15-19)38-12-8-21(9-13-38)37-10-1-2-11-37/h3-7,14-18,21,32-33H,1-2,8-13H2,(H,35,36). The number of anilines is 2. The summed E-state index contributed by atoms with van der Waals surface area (Å²) >= 11 is 0. The Morgan fingerprint density at radius 3 is 2.49 bits per heavy atom. The number of hydrogen-bond donors (Lipinski definition) is 3. The van der Waals surface area contributed by atoms with Crippen LogP contribution in [0.15, 0.2) is 55.0 Å². The minimum Gasteiger partial charge on any atom is -0.357 e. The Bertz CT molecular complexity index is 1500. The monoisotopic (exact) mass is 528 g/mol. The van der Waals surface area contributed by atoms with Crippen LogP contribution in [0.25, 0.3) is 22.2 Å². The molecular formula is C29H30F2N8. The summed E-state index contributed by atoms with van der Waals surface area (Å²) in [6.45, 7) is 4.48. The summed E-state index contributed by atoms with van der Waals surface area (Å²) in [5.74, 6) is -1.36. The smallest absolute Gasteiger partial charge is 0.182 e. The zero-order chi connectivity index (χ0) is 26.9. The molecule has 2 aliphatic rings. The Morgan fingerprint density at radius 2 is 1.77 bits per heavy atom. The molecule has 200 valence electrons. The van der Waals surface area contributed by atoms with Crippen molar-refractivity contribution >= 4 is 34.7 Å². The lowest BCUT2D eigenvalue weighted by Gasteiger charge is -2.37. The van der Waals surface area contributed by atoms with Crippen molar-refractivity contribution in [3.8, 4) is 11.1 Å². The summed E-state index contributed by atoms with van der Waals surface area (Å²) in [5.41, 5.74) is 2.46. The number of hydrogen-bond acceptors (Lipinski definition) is 6. The van der Waals surface area contributed by atoms with E-state index in [1.807, 2.05) is 24.4 Å². The molecule has 0 aliphatic carbocycles. The predicted octanol–water partition coefficient (Wildman–Crippen LogP) is 5.41. The number of benzene rings is 1. The molecule has 10 heteroatoms. The lowest BCUT2D eigenvalue weighted by molar-refractivity contribution is 0.207. The Balaban J connectivity index is 1.22. The van der Waals surface area contributed by atoms with Gasteiger partial charge in [-0.05, 0) is 69.1 Å². The van der Waals surface area contributed by atoms with Crippen molar-refractivity contribution in [3.05, 3.63) is 72.2 Å². The molecule has 0 bridgehead atoms. The number of aromatic amines is 1. The molecule has 2 fully saturated rings. The molecule has 0 amide bonds.